The topological polar surface area (TPSA) is 70.4 Å². The summed E-state index contributed by atoms with van der Waals surface area (Å²) in [5, 5.41) is 16.7. The maximum Gasteiger partial charge on any atom is 0.239 e. The number of hydrogen-bond acceptors (Lipinski definition) is 4. The SMILES string of the molecule is CN(CCO)CC(=O)Nc1cc(C2CCCC2)nn1-c1ccccc1. The number of nitrogens with zero attached hydrogens (tertiary/aromatic N) is 3. The zero-order valence-corrected chi connectivity index (χ0v) is 14.7. The van der Waals surface area contributed by atoms with E-state index in [2.05, 4.69) is 5.32 Å². The molecule has 2 N–H and O–H groups in total. The molecular weight excluding hydrogens is 316 g/mol. The largest absolute Gasteiger partial charge is 0.395 e. The Morgan fingerprint density at radius 2 is 2.04 bits per heavy atom. The van der Waals surface area contributed by atoms with Crippen molar-refractivity contribution in [2.45, 2.75) is 31.6 Å². The average molecular weight is 342 g/mol. The van der Waals surface area contributed by atoms with E-state index in [0.717, 1.165) is 11.4 Å². The highest BCUT2D eigenvalue weighted by Gasteiger charge is 2.22. The molecule has 1 aliphatic carbocycles. The molecule has 0 saturated heterocycles. The molecule has 0 spiro atoms. The number of carbonyl (C=O) groups is 1. The van der Waals surface area contributed by atoms with Gasteiger partial charge in [-0.3, -0.25) is 9.69 Å². The first-order valence-corrected chi connectivity index (χ1v) is 8.92. The van der Waals surface area contributed by atoms with Crippen LogP contribution in [0.25, 0.3) is 5.69 Å². The van der Waals surface area contributed by atoms with Gasteiger partial charge in [-0.25, -0.2) is 4.68 Å². The Morgan fingerprint density at radius 1 is 1.32 bits per heavy atom. The standard InChI is InChI=1S/C19H26N4O2/c1-22(11-12-24)14-19(25)20-18-13-17(15-7-5-6-8-15)21-23(18)16-9-3-2-4-10-16/h2-4,9-10,13,15,24H,5-8,11-12,14H2,1H3,(H,20,25). The molecule has 1 saturated carbocycles. The van der Waals surface area contributed by atoms with E-state index in [9.17, 15) is 4.79 Å². The fourth-order valence-corrected chi connectivity index (χ4v) is 3.35. The summed E-state index contributed by atoms with van der Waals surface area (Å²) in [4.78, 5) is 14.1. The van der Waals surface area contributed by atoms with Crippen LogP contribution in [0.4, 0.5) is 5.82 Å². The summed E-state index contributed by atoms with van der Waals surface area (Å²) >= 11 is 0. The second-order valence-electron chi connectivity index (χ2n) is 6.69. The van der Waals surface area contributed by atoms with Crippen molar-refractivity contribution in [3.8, 4) is 5.69 Å². The number of benzene rings is 1. The predicted octanol–water partition coefficient (Wildman–Crippen LogP) is 2.39. The third kappa shape index (κ3) is 4.46. The summed E-state index contributed by atoms with van der Waals surface area (Å²) in [7, 11) is 1.81. The van der Waals surface area contributed by atoms with Crippen molar-refractivity contribution in [3.05, 3.63) is 42.1 Å². The molecule has 0 atom stereocenters. The van der Waals surface area contributed by atoms with Crippen molar-refractivity contribution >= 4 is 11.7 Å². The fourth-order valence-electron chi connectivity index (χ4n) is 3.35. The van der Waals surface area contributed by atoms with Gasteiger partial charge in [0.05, 0.1) is 24.5 Å². The number of aromatic nitrogens is 2. The van der Waals surface area contributed by atoms with E-state index in [1.165, 1.54) is 25.7 Å². The Balaban J connectivity index is 1.82. The van der Waals surface area contributed by atoms with Crippen molar-refractivity contribution < 1.29 is 9.90 Å². The first kappa shape index (κ1) is 17.6. The summed E-state index contributed by atoms with van der Waals surface area (Å²) in [6.07, 6.45) is 4.82. The van der Waals surface area contributed by atoms with Gasteiger partial charge in [-0.05, 0) is 32.0 Å². The van der Waals surface area contributed by atoms with Crippen LogP contribution in [-0.4, -0.2) is 52.4 Å². The highest BCUT2D eigenvalue weighted by molar-refractivity contribution is 5.91. The predicted molar refractivity (Wildman–Crippen MR) is 98.0 cm³/mol. The Bertz CT molecular complexity index is 693. The Morgan fingerprint density at radius 3 is 2.72 bits per heavy atom. The lowest BCUT2D eigenvalue weighted by molar-refractivity contribution is -0.117. The van der Waals surface area contributed by atoms with Crippen LogP contribution in [0, 0.1) is 0 Å². The Kier molecular flexibility index (Phi) is 5.83. The van der Waals surface area contributed by atoms with E-state index in [4.69, 9.17) is 10.2 Å². The van der Waals surface area contributed by atoms with Crippen molar-refractivity contribution in [1.82, 2.24) is 14.7 Å². The van der Waals surface area contributed by atoms with Crippen molar-refractivity contribution in [1.29, 1.82) is 0 Å². The number of hydrogen-bond donors (Lipinski definition) is 2. The summed E-state index contributed by atoms with van der Waals surface area (Å²) in [5.74, 6) is 1.08. The lowest BCUT2D eigenvalue weighted by Crippen LogP contribution is -2.32. The summed E-state index contributed by atoms with van der Waals surface area (Å²) in [6.45, 7) is 0.746. The van der Waals surface area contributed by atoms with Crippen LogP contribution in [0.2, 0.25) is 0 Å². The monoisotopic (exact) mass is 342 g/mol. The molecule has 0 aliphatic heterocycles. The minimum absolute atomic E-state index is 0.0392. The van der Waals surface area contributed by atoms with Crippen LogP contribution in [0.15, 0.2) is 36.4 Å². The summed E-state index contributed by atoms with van der Waals surface area (Å²) in [6, 6.07) is 11.9. The molecule has 134 valence electrons. The lowest BCUT2D eigenvalue weighted by atomic mass is 10.0. The van der Waals surface area contributed by atoms with E-state index in [0.29, 0.717) is 18.3 Å². The molecule has 1 heterocycles. The van der Waals surface area contributed by atoms with Gasteiger partial charge in [0.2, 0.25) is 5.91 Å². The molecule has 6 nitrogen and oxygen atoms in total. The first-order valence-electron chi connectivity index (χ1n) is 8.92. The molecule has 3 rings (SSSR count). The molecule has 0 unspecified atom stereocenters. The van der Waals surface area contributed by atoms with Gasteiger partial charge in [0, 0.05) is 18.5 Å². The van der Waals surface area contributed by atoms with Crippen LogP contribution >= 0.6 is 0 Å². The van der Waals surface area contributed by atoms with Crippen LogP contribution in [-0.2, 0) is 4.79 Å². The Hall–Kier alpha value is -2.18. The van der Waals surface area contributed by atoms with E-state index in [-0.39, 0.29) is 19.1 Å². The normalized spacial score (nSPS) is 15.0. The maximum atomic E-state index is 12.3. The zero-order chi connectivity index (χ0) is 17.6. The minimum atomic E-state index is -0.106. The summed E-state index contributed by atoms with van der Waals surface area (Å²) in [5.41, 5.74) is 1.99. The smallest absolute Gasteiger partial charge is 0.239 e. The number of para-hydroxylation sites is 1. The third-order valence-electron chi connectivity index (χ3n) is 4.67. The van der Waals surface area contributed by atoms with Crippen LogP contribution < -0.4 is 5.32 Å². The molecule has 6 heteroatoms. The molecule has 1 aromatic heterocycles. The van der Waals surface area contributed by atoms with Gasteiger partial charge >= 0.3 is 0 Å². The van der Waals surface area contributed by atoms with Crippen molar-refractivity contribution in [3.63, 3.8) is 0 Å². The van der Waals surface area contributed by atoms with Gasteiger partial charge < -0.3 is 10.4 Å². The maximum absolute atomic E-state index is 12.3. The fraction of sp³-hybridized carbons (Fsp3) is 0.474. The van der Waals surface area contributed by atoms with Gasteiger partial charge in [0.15, 0.2) is 0 Å². The molecule has 1 fully saturated rings. The Labute approximate surface area is 148 Å². The third-order valence-corrected chi connectivity index (χ3v) is 4.67. The van der Waals surface area contributed by atoms with Crippen molar-refractivity contribution in [2.75, 3.05) is 32.1 Å². The molecule has 2 aromatic rings. The number of amides is 1. The minimum Gasteiger partial charge on any atom is -0.395 e. The number of rotatable bonds is 7. The second kappa shape index (κ2) is 8.27. The van der Waals surface area contributed by atoms with Gasteiger partial charge in [0.1, 0.15) is 5.82 Å². The molecule has 25 heavy (non-hydrogen) atoms. The molecule has 0 radical (unpaired) electrons. The lowest BCUT2D eigenvalue weighted by Gasteiger charge is -2.15. The number of anilines is 1. The number of carbonyl (C=O) groups excluding carboxylic acids is 1. The highest BCUT2D eigenvalue weighted by atomic mass is 16.3. The summed E-state index contributed by atoms with van der Waals surface area (Å²) < 4.78 is 1.82. The quantitative estimate of drug-likeness (QED) is 0.810. The van der Waals surface area contributed by atoms with Crippen LogP contribution in [0.1, 0.15) is 37.3 Å². The van der Waals surface area contributed by atoms with Gasteiger partial charge in [-0.1, -0.05) is 31.0 Å². The highest BCUT2D eigenvalue weighted by Crippen LogP contribution is 2.35. The number of aliphatic hydroxyl groups excluding tert-OH is 1. The van der Waals surface area contributed by atoms with Gasteiger partial charge in [-0.2, -0.15) is 5.10 Å². The average Bonchev–Trinajstić information content (AvgIpc) is 3.25. The van der Waals surface area contributed by atoms with Gasteiger partial charge in [0.25, 0.3) is 0 Å². The molecule has 1 amide bonds. The molecule has 1 aliphatic rings. The van der Waals surface area contributed by atoms with E-state index >= 15 is 0 Å². The number of nitrogens with one attached hydrogen (secondary N) is 1. The second-order valence-corrected chi connectivity index (χ2v) is 6.69. The van der Waals surface area contributed by atoms with E-state index < -0.39 is 0 Å². The van der Waals surface area contributed by atoms with E-state index in [1.807, 2.05) is 48.1 Å². The van der Waals surface area contributed by atoms with Crippen molar-refractivity contribution in [2.24, 2.45) is 0 Å². The number of aliphatic hydroxyl groups is 1. The van der Waals surface area contributed by atoms with E-state index in [1.54, 1.807) is 4.90 Å². The van der Waals surface area contributed by atoms with Gasteiger partial charge in [-0.15, -0.1) is 0 Å². The first-order chi connectivity index (χ1) is 12.2. The molecule has 0 bridgehead atoms. The molecular formula is C19H26N4O2. The molecule has 1 aromatic carbocycles. The number of likely N-dealkylation sites (N-methyl/N-ethyl adjacent to an activating group) is 1. The zero-order valence-electron chi connectivity index (χ0n) is 14.7. The van der Waals surface area contributed by atoms with Crippen LogP contribution in [0.5, 0.6) is 0 Å². The van der Waals surface area contributed by atoms with Crippen LogP contribution in [0.3, 0.4) is 0 Å².